The number of aryl methyl sites for hydroxylation is 1. The lowest BCUT2D eigenvalue weighted by molar-refractivity contribution is -0.131. The number of imidazole rings is 2. The minimum atomic E-state index is -1.20. The molecular formula is C48H59F3N10O6. The number of aromatic nitrogens is 4. The maximum atomic E-state index is 16.7. The molecule has 19 heteroatoms. The van der Waals surface area contributed by atoms with Crippen molar-refractivity contribution in [3.8, 4) is 0 Å². The van der Waals surface area contributed by atoms with Gasteiger partial charge in [-0.3, -0.25) is 9.59 Å². The van der Waals surface area contributed by atoms with Gasteiger partial charge < -0.3 is 50.1 Å². The number of carbonyl (C=O) groups excluding carboxylic acids is 4. The van der Waals surface area contributed by atoms with Crippen LogP contribution in [0.3, 0.4) is 0 Å². The van der Waals surface area contributed by atoms with Crippen molar-refractivity contribution in [2.24, 2.45) is 5.92 Å². The number of aromatic amines is 2. The van der Waals surface area contributed by atoms with Crippen molar-refractivity contribution in [2.75, 3.05) is 56.7 Å². The fourth-order valence-corrected chi connectivity index (χ4v) is 9.92. The predicted octanol–water partition coefficient (Wildman–Crippen LogP) is 7.77. The van der Waals surface area contributed by atoms with E-state index in [2.05, 4.69) is 35.4 Å². The third kappa shape index (κ3) is 10.1. The van der Waals surface area contributed by atoms with Gasteiger partial charge in [-0.1, -0.05) is 26.0 Å². The second kappa shape index (κ2) is 20.5. The van der Waals surface area contributed by atoms with Crippen LogP contribution in [0, 0.1) is 23.4 Å². The van der Waals surface area contributed by atoms with Crippen LogP contribution in [0.4, 0.5) is 34.1 Å². The summed E-state index contributed by atoms with van der Waals surface area (Å²) in [5.41, 5.74) is 4.00. The number of nitrogens with one attached hydrogen (secondary N) is 5. The fourth-order valence-electron chi connectivity index (χ4n) is 9.92. The highest BCUT2D eigenvalue weighted by molar-refractivity contribution is 5.86. The Morgan fingerprint density at radius 3 is 2.10 bits per heavy atom. The number of alkyl carbamates (subject to hydrolysis) is 2. The topological polar surface area (TPSA) is 190 Å². The van der Waals surface area contributed by atoms with Crippen LogP contribution in [-0.2, 0) is 25.5 Å². The Balaban J connectivity index is 1.04. The molecule has 5 aromatic rings. The van der Waals surface area contributed by atoms with Gasteiger partial charge in [0.1, 0.15) is 29.9 Å². The van der Waals surface area contributed by atoms with E-state index >= 15 is 13.2 Å². The average molecular weight is 929 g/mol. The molecule has 16 nitrogen and oxygen atoms in total. The molecule has 1 unspecified atom stereocenters. The fraction of sp³-hybridized carbons (Fsp3) is 0.500. The molecule has 3 aromatic carbocycles. The molecule has 3 aliphatic rings. The minimum Gasteiger partial charge on any atom is -0.453 e. The quantitative estimate of drug-likeness (QED) is 0.0513. The molecule has 4 atom stereocenters. The molecule has 2 aromatic heterocycles. The van der Waals surface area contributed by atoms with E-state index in [4.69, 9.17) is 9.97 Å². The van der Waals surface area contributed by atoms with Crippen molar-refractivity contribution in [1.29, 1.82) is 0 Å². The number of hydrogen-bond acceptors (Lipinski definition) is 10. The van der Waals surface area contributed by atoms with E-state index in [0.717, 1.165) is 66.2 Å². The zero-order valence-corrected chi connectivity index (χ0v) is 38.4. The molecule has 3 fully saturated rings. The van der Waals surface area contributed by atoms with Gasteiger partial charge in [0.15, 0.2) is 17.5 Å². The molecule has 5 N–H and O–H groups in total. The van der Waals surface area contributed by atoms with Crippen LogP contribution in [-0.4, -0.2) is 102 Å². The molecule has 0 aliphatic carbocycles. The Hall–Kier alpha value is -6.53. The van der Waals surface area contributed by atoms with Gasteiger partial charge in [0.25, 0.3) is 0 Å². The summed E-state index contributed by atoms with van der Waals surface area (Å²) in [7, 11) is 2.48. The molecule has 5 heterocycles. The van der Waals surface area contributed by atoms with Gasteiger partial charge >= 0.3 is 12.2 Å². The third-order valence-electron chi connectivity index (χ3n) is 13.3. The first-order valence-corrected chi connectivity index (χ1v) is 23.3. The zero-order valence-electron chi connectivity index (χ0n) is 38.4. The van der Waals surface area contributed by atoms with Crippen LogP contribution < -0.4 is 25.8 Å². The number of rotatable bonds is 15. The van der Waals surface area contributed by atoms with Crippen LogP contribution in [0.15, 0.2) is 42.5 Å². The summed E-state index contributed by atoms with van der Waals surface area (Å²) < 4.78 is 58.6. The number of carbonyl (C=O) groups is 4. The van der Waals surface area contributed by atoms with Crippen molar-refractivity contribution in [2.45, 2.75) is 102 Å². The summed E-state index contributed by atoms with van der Waals surface area (Å²) >= 11 is 0. The van der Waals surface area contributed by atoms with Gasteiger partial charge in [-0.25, -0.2) is 32.7 Å². The van der Waals surface area contributed by atoms with E-state index in [9.17, 15) is 19.2 Å². The number of halogens is 3. The highest BCUT2D eigenvalue weighted by Gasteiger charge is 2.40. The third-order valence-corrected chi connectivity index (χ3v) is 13.3. The van der Waals surface area contributed by atoms with Crippen molar-refractivity contribution in [3.05, 3.63) is 82.7 Å². The van der Waals surface area contributed by atoms with Gasteiger partial charge in [0, 0.05) is 38.7 Å². The molecule has 8 rings (SSSR count). The molecule has 0 bridgehead atoms. The van der Waals surface area contributed by atoms with E-state index < -0.39 is 47.8 Å². The number of anilines is 2. The highest BCUT2D eigenvalue weighted by atomic mass is 19.2. The van der Waals surface area contributed by atoms with Gasteiger partial charge in [-0.05, 0) is 99.1 Å². The highest BCUT2D eigenvalue weighted by Crippen LogP contribution is 2.50. The van der Waals surface area contributed by atoms with Gasteiger partial charge in [-0.15, -0.1) is 0 Å². The molecule has 0 radical (unpaired) electrons. The van der Waals surface area contributed by atoms with E-state index in [1.807, 2.05) is 55.1 Å². The molecule has 0 spiro atoms. The monoisotopic (exact) mass is 928 g/mol. The first-order chi connectivity index (χ1) is 32.3. The Morgan fingerprint density at radius 2 is 1.43 bits per heavy atom. The number of ether oxygens (including phenoxy) is 2. The normalized spacial score (nSPS) is 19.0. The van der Waals surface area contributed by atoms with E-state index in [-0.39, 0.29) is 41.7 Å². The standard InChI is InChI=1S/C48H59F3N10O6/c1-27(2)43(58-48(65)67-4)46(63)52-19-7-6-12-39-54-31-15-13-28(23-33(31)55-39)35-17-18-36(61(35)38-25-30(49)44(42(51)41(38)50)59-20-8-5-9-21-59)29-14-16-32-34(24-29)57-45(56-32)37-11-10-22-60(37)40(62)26-53-47(64)66-3/h13-16,23-25,27,35-37,43H,5-12,17-22,26H2,1-4H3,(H,52,63)(H,53,64)(H,54,55)(H,56,57)(H,58,65)/t35-,36-,37+,43?/m1/s1. The van der Waals surface area contributed by atoms with Crippen molar-refractivity contribution in [3.63, 3.8) is 0 Å². The average Bonchev–Trinajstić information content (AvgIpc) is 4.16. The smallest absolute Gasteiger partial charge is 0.407 e. The summed E-state index contributed by atoms with van der Waals surface area (Å²) in [5, 5.41) is 7.92. The molecule has 3 saturated heterocycles. The molecule has 4 amide bonds. The van der Waals surface area contributed by atoms with Crippen LogP contribution in [0.2, 0.25) is 0 Å². The lowest BCUT2D eigenvalue weighted by Gasteiger charge is -2.35. The van der Waals surface area contributed by atoms with Crippen molar-refractivity contribution in [1.82, 2.24) is 40.8 Å². The number of piperidine rings is 1. The number of hydrogen-bond donors (Lipinski definition) is 5. The first kappa shape index (κ1) is 47.0. The van der Waals surface area contributed by atoms with Gasteiger partial charge in [0.05, 0.1) is 60.1 Å². The van der Waals surface area contributed by atoms with Gasteiger partial charge in [-0.2, -0.15) is 0 Å². The summed E-state index contributed by atoms with van der Waals surface area (Å²) in [6, 6.07) is 10.7. The number of likely N-dealkylation sites (tertiary alicyclic amines) is 1. The Bertz CT molecular complexity index is 2610. The van der Waals surface area contributed by atoms with E-state index in [0.29, 0.717) is 75.1 Å². The number of methoxy groups -OCH3 is 2. The van der Waals surface area contributed by atoms with Crippen LogP contribution in [0.25, 0.3) is 22.1 Å². The molecule has 358 valence electrons. The number of unbranched alkanes of at least 4 members (excludes halogenated alkanes) is 1. The van der Waals surface area contributed by atoms with Crippen LogP contribution in [0.1, 0.15) is 113 Å². The Kier molecular flexibility index (Phi) is 14.4. The lowest BCUT2D eigenvalue weighted by Crippen LogP contribution is -2.49. The lowest BCUT2D eigenvalue weighted by atomic mass is 10.0. The zero-order chi connectivity index (χ0) is 47.4. The second-order valence-electron chi connectivity index (χ2n) is 18.0. The number of amides is 4. The Labute approximate surface area is 386 Å². The minimum absolute atomic E-state index is 0.131. The molecule has 67 heavy (non-hydrogen) atoms. The number of fused-ring (bicyclic) bond motifs is 2. The molecular weight excluding hydrogens is 870 g/mol. The van der Waals surface area contributed by atoms with Crippen molar-refractivity contribution >= 4 is 57.4 Å². The summed E-state index contributed by atoms with van der Waals surface area (Å²) in [6.07, 6.45) is 5.67. The van der Waals surface area contributed by atoms with Gasteiger partial charge in [0.2, 0.25) is 11.8 Å². The maximum Gasteiger partial charge on any atom is 0.407 e. The first-order valence-electron chi connectivity index (χ1n) is 23.3. The van der Waals surface area contributed by atoms with Crippen LogP contribution >= 0.6 is 0 Å². The summed E-state index contributed by atoms with van der Waals surface area (Å²) in [4.78, 5) is 70.8. The number of nitrogens with zero attached hydrogens (tertiary/aromatic N) is 5. The summed E-state index contributed by atoms with van der Waals surface area (Å²) in [6.45, 7) is 5.29. The van der Waals surface area contributed by atoms with Crippen molar-refractivity contribution < 1.29 is 41.8 Å². The SMILES string of the molecule is COC(=O)NCC(=O)N1CCC[C@H]1c1nc2ccc([C@H]3CC[C@H](c4ccc5nc(CCCCNC(=O)C(NC(=O)OC)C(C)C)[nH]c5c4)N3c3cc(F)c(N4CCCCC4)c(F)c3F)cc2[nH]1. The van der Waals surface area contributed by atoms with Crippen LogP contribution in [0.5, 0.6) is 0 Å². The Morgan fingerprint density at radius 1 is 0.761 bits per heavy atom. The van der Waals surface area contributed by atoms with E-state index in [1.54, 1.807) is 9.80 Å². The van der Waals surface area contributed by atoms with E-state index in [1.165, 1.54) is 14.2 Å². The number of H-pyrrole nitrogens is 2. The maximum absolute atomic E-state index is 16.7. The summed E-state index contributed by atoms with van der Waals surface area (Å²) in [5.74, 6) is -2.42. The second-order valence-corrected chi connectivity index (χ2v) is 18.0. The predicted molar refractivity (Wildman–Crippen MR) is 246 cm³/mol. The molecule has 3 aliphatic heterocycles. The number of benzene rings is 3. The largest absolute Gasteiger partial charge is 0.453 e. The molecule has 0 saturated carbocycles.